The van der Waals surface area contributed by atoms with Gasteiger partial charge in [-0.2, -0.15) is 0 Å². The van der Waals surface area contributed by atoms with Crippen LogP contribution < -0.4 is 10.1 Å². The zero-order valence-corrected chi connectivity index (χ0v) is 17.7. The van der Waals surface area contributed by atoms with Crippen LogP contribution in [0.15, 0.2) is 41.8 Å². The number of nitrogens with one attached hydrogen (secondary N) is 1. The molecular formula is C23H32N2O2S. The van der Waals surface area contributed by atoms with Crippen molar-refractivity contribution in [1.29, 1.82) is 0 Å². The number of carbonyl (C=O) groups is 1. The van der Waals surface area contributed by atoms with Crippen molar-refractivity contribution in [3.8, 4) is 5.75 Å². The molecule has 1 N–H and O–H groups in total. The van der Waals surface area contributed by atoms with E-state index >= 15 is 0 Å². The number of amides is 1. The fourth-order valence-electron chi connectivity index (χ4n) is 3.65. The van der Waals surface area contributed by atoms with E-state index in [0.717, 1.165) is 31.7 Å². The number of carbonyl (C=O) groups excluding carboxylic acids is 1. The SMILES string of the molecule is CCCCOc1cccc(C(=O)NC[C@H](c2cccs2)N2CCCCCC2)c1. The second kappa shape index (κ2) is 11.2. The second-order valence-electron chi connectivity index (χ2n) is 7.42. The van der Waals surface area contributed by atoms with Gasteiger partial charge in [0, 0.05) is 17.0 Å². The van der Waals surface area contributed by atoms with E-state index in [1.807, 2.05) is 24.3 Å². The lowest BCUT2D eigenvalue weighted by Gasteiger charge is -2.30. The molecule has 1 aliphatic heterocycles. The quantitative estimate of drug-likeness (QED) is 0.583. The average Bonchev–Trinajstić information content (AvgIpc) is 3.11. The van der Waals surface area contributed by atoms with E-state index in [0.29, 0.717) is 18.7 Å². The molecule has 3 rings (SSSR count). The summed E-state index contributed by atoms with van der Waals surface area (Å²) in [6, 6.07) is 12.1. The monoisotopic (exact) mass is 400 g/mol. The van der Waals surface area contributed by atoms with E-state index in [1.165, 1.54) is 30.6 Å². The molecule has 1 aliphatic rings. The Morgan fingerprint density at radius 1 is 1.18 bits per heavy atom. The van der Waals surface area contributed by atoms with Crippen molar-refractivity contribution < 1.29 is 9.53 Å². The largest absolute Gasteiger partial charge is 0.494 e. The lowest BCUT2D eigenvalue weighted by atomic mass is 10.1. The number of nitrogens with zero attached hydrogens (tertiary/aromatic N) is 1. The second-order valence-corrected chi connectivity index (χ2v) is 8.40. The first-order valence-electron chi connectivity index (χ1n) is 10.6. The molecule has 1 aromatic heterocycles. The Kier molecular flexibility index (Phi) is 8.37. The van der Waals surface area contributed by atoms with Crippen LogP contribution in [0.25, 0.3) is 0 Å². The predicted molar refractivity (Wildman–Crippen MR) is 116 cm³/mol. The minimum atomic E-state index is -0.0303. The topological polar surface area (TPSA) is 41.6 Å². The molecule has 1 saturated heterocycles. The maximum Gasteiger partial charge on any atom is 0.251 e. The maximum absolute atomic E-state index is 12.8. The Bertz CT molecular complexity index is 709. The molecule has 0 saturated carbocycles. The lowest BCUT2D eigenvalue weighted by Crippen LogP contribution is -2.38. The van der Waals surface area contributed by atoms with E-state index in [9.17, 15) is 4.79 Å². The van der Waals surface area contributed by atoms with Crippen molar-refractivity contribution >= 4 is 17.2 Å². The molecule has 0 aliphatic carbocycles. The maximum atomic E-state index is 12.8. The first-order chi connectivity index (χ1) is 13.8. The summed E-state index contributed by atoms with van der Waals surface area (Å²) in [6.07, 6.45) is 7.23. The Balaban J connectivity index is 1.62. The van der Waals surface area contributed by atoms with Crippen LogP contribution in [0.2, 0.25) is 0 Å². The molecule has 2 heterocycles. The van der Waals surface area contributed by atoms with Crippen LogP contribution >= 0.6 is 11.3 Å². The summed E-state index contributed by atoms with van der Waals surface area (Å²) >= 11 is 1.78. The highest BCUT2D eigenvalue weighted by molar-refractivity contribution is 7.10. The van der Waals surface area contributed by atoms with Gasteiger partial charge >= 0.3 is 0 Å². The highest BCUT2D eigenvalue weighted by Gasteiger charge is 2.23. The zero-order valence-electron chi connectivity index (χ0n) is 16.9. The number of unbranched alkanes of at least 4 members (excludes halogenated alkanes) is 1. The van der Waals surface area contributed by atoms with Gasteiger partial charge in [-0.1, -0.05) is 38.3 Å². The molecule has 1 fully saturated rings. The number of likely N-dealkylation sites (tertiary alicyclic amines) is 1. The van der Waals surface area contributed by atoms with E-state index in [1.54, 1.807) is 11.3 Å². The first kappa shape index (κ1) is 20.9. The van der Waals surface area contributed by atoms with E-state index in [-0.39, 0.29) is 11.9 Å². The van der Waals surface area contributed by atoms with Gasteiger partial charge in [-0.05, 0) is 62.0 Å². The third-order valence-electron chi connectivity index (χ3n) is 5.27. The molecule has 0 spiro atoms. The van der Waals surface area contributed by atoms with Gasteiger partial charge < -0.3 is 10.1 Å². The fourth-order valence-corrected chi connectivity index (χ4v) is 4.51. The molecular weight excluding hydrogens is 368 g/mol. The van der Waals surface area contributed by atoms with Crippen molar-refractivity contribution in [2.45, 2.75) is 51.5 Å². The summed E-state index contributed by atoms with van der Waals surface area (Å²) in [5.41, 5.74) is 0.662. The molecule has 0 radical (unpaired) electrons. The Morgan fingerprint density at radius 3 is 2.71 bits per heavy atom. The number of rotatable bonds is 9. The lowest BCUT2D eigenvalue weighted by molar-refractivity contribution is 0.0933. The molecule has 28 heavy (non-hydrogen) atoms. The van der Waals surface area contributed by atoms with E-state index in [2.05, 4.69) is 34.7 Å². The highest BCUT2D eigenvalue weighted by atomic mass is 32.1. The van der Waals surface area contributed by atoms with Gasteiger partial charge in [-0.25, -0.2) is 0 Å². The van der Waals surface area contributed by atoms with Gasteiger partial charge in [0.1, 0.15) is 5.75 Å². The third-order valence-corrected chi connectivity index (χ3v) is 6.25. The smallest absolute Gasteiger partial charge is 0.251 e. The number of hydrogen-bond donors (Lipinski definition) is 1. The van der Waals surface area contributed by atoms with E-state index in [4.69, 9.17) is 4.74 Å². The number of ether oxygens (including phenoxy) is 1. The van der Waals surface area contributed by atoms with Gasteiger partial charge in [0.25, 0.3) is 5.91 Å². The third kappa shape index (κ3) is 6.08. The molecule has 1 amide bonds. The van der Waals surface area contributed by atoms with Crippen LogP contribution in [0.4, 0.5) is 0 Å². The number of thiophene rings is 1. The molecule has 0 unspecified atom stereocenters. The Morgan fingerprint density at radius 2 is 2.00 bits per heavy atom. The first-order valence-corrected chi connectivity index (χ1v) is 11.4. The Hall–Kier alpha value is -1.85. The molecule has 4 nitrogen and oxygen atoms in total. The fraction of sp³-hybridized carbons (Fsp3) is 0.522. The van der Waals surface area contributed by atoms with Crippen molar-refractivity contribution in [3.63, 3.8) is 0 Å². The minimum absolute atomic E-state index is 0.0303. The van der Waals surface area contributed by atoms with Gasteiger partial charge in [0.15, 0.2) is 0 Å². The van der Waals surface area contributed by atoms with Crippen molar-refractivity contribution in [2.75, 3.05) is 26.2 Å². The molecule has 5 heteroatoms. The van der Waals surface area contributed by atoms with Crippen molar-refractivity contribution in [3.05, 3.63) is 52.2 Å². The van der Waals surface area contributed by atoms with Crippen LogP contribution in [-0.2, 0) is 0 Å². The van der Waals surface area contributed by atoms with Crippen LogP contribution in [-0.4, -0.2) is 37.0 Å². The average molecular weight is 401 g/mol. The Labute approximate surface area is 172 Å². The normalized spacial score (nSPS) is 16.3. The summed E-state index contributed by atoms with van der Waals surface area (Å²) in [4.78, 5) is 16.6. The van der Waals surface area contributed by atoms with Crippen LogP contribution in [0.3, 0.4) is 0 Å². The van der Waals surface area contributed by atoms with Crippen LogP contribution in [0.5, 0.6) is 5.75 Å². The molecule has 2 aromatic rings. The zero-order chi connectivity index (χ0) is 19.6. The predicted octanol–water partition coefficient (Wildman–Crippen LogP) is 5.27. The van der Waals surface area contributed by atoms with Gasteiger partial charge in [-0.3, -0.25) is 9.69 Å². The summed E-state index contributed by atoms with van der Waals surface area (Å²) in [5.74, 6) is 0.737. The molecule has 0 bridgehead atoms. The standard InChI is InChI=1S/C23H32N2O2S/c1-2-3-15-27-20-11-8-10-19(17-20)23(26)24-18-21(22-12-9-16-28-22)25-13-6-4-5-7-14-25/h8-12,16-17,21H,2-7,13-15,18H2,1H3,(H,24,26)/t21-/m1/s1. The van der Waals surface area contributed by atoms with Gasteiger partial charge in [0.05, 0.1) is 12.6 Å². The van der Waals surface area contributed by atoms with Gasteiger partial charge in [-0.15, -0.1) is 11.3 Å². The summed E-state index contributed by atoms with van der Waals surface area (Å²) in [7, 11) is 0. The highest BCUT2D eigenvalue weighted by Crippen LogP contribution is 2.27. The van der Waals surface area contributed by atoms with Crippen LogP contribution in [0, 0.1) is 0 Å². The van der Waals surface area contributed by atoms with Crippen molar-refractivity contribution in [1.82, 2.24) is 10.2 Å². The summed E-state index contributed by atoms with van der Waals surface area (Å²) in [6.45, 7) is 5.69. The van der Waals surface area contributed by atoms with Gasteiger partial charge in [0.2, 0.25) is 0 Å². The van der Waals surface area contributed by atoms with Crippen molar-refractivity contribution in [2.24, 2.45) is 0 Å². The van der Waals surface area contributed by atoms with E-state index < -0.39 is 0 Å². The summed E-state index contributed by atoms with van der Waals surface area (Å²) < 4.78 is 5.74. The minimum Gasteiger partial charge on any atom is -0.494 e. The molecule has 1 atom stereocenters. The number of benzene rings is 1. The summed E-state index contributed by atoms with van der Waals surface area (Å²) in [5, 5.41) is 5.29. The molecule has 1 aromatic carbocycles. The number of hydrogen-bond acceptors (Lipinski definition) is 4. The molecule has 152 valence electrons. The van der Waals surface area contributed by atoms with Crippen LogP contribution in [0.1, 0.15) is 66.7 Å².